The zero-order chi connectivity index (χ0) is 23.6. The fourth-order valence-corrected chi connectivity index (χ4v) is 5.08. The molecule has 0 aliphatic carbocycles. The van der Waals surface area contributed by atoms with E-state index >= 15 is 0 Å². The quantitative estimate of drug-likeness (QED) is 0.529. The summed E-state index contributed by atoms with van der Waals surface area (Å²) in [5.41, 5.74) is 3.28. The van der Waals surface area contributed by atoms with Crippen molar-refractivity contribution in [2.45, 2.75) is 38.5 Å². The van der Waals surface area contributed by atoms with E-state index in [9.17, 15) is 9.59 Å². The molecular weight excluding hydrogens is 432 g/mol. The molecule has 1 aromatic heterocycles. The predicted molar refractivity (Wildman–Crippen MR) is 131 cm³/mol. The minimum absolute atomic E-state index is 0.149. The summed E-state index contributed by atoms with van der Waals surface area (Å²) in [5.74, 6) is 0.310. The molecule has 1 aliphatic rings. The number of fused-ring (bicyclic) bond motifs is 1. The van der Waals surface area contributed by atoms with Gasteiger partial charge in [0, 0.05) is 25.4 Å². The van der Waals surface area contributed by atoms with Crippen LogP contribution < -0.4 is 20.6 Å². The van der Waals surface area contributed by atoms with Gasteiger partial charge in [-0.3, -0.25) is 14.3 Å². The summed E-state index contributed by atoms with van der Waals surface area (Å²) in [6, 6.07) is 12.8. The van der Waals surface area contributed by atoms with Gasteiger partial charge in [-0.25, -0.2) is 0 Å². The van der Waals surface area contributed by atoms with E-state index in [0.717, 1.165) is 28.9 Å². The number of nitrogens with one attached hydrogen (secondary N) is 2. The van der Waals surface area contributed by atoms with Gasteiger partial charge < -0.3 is 15.4 Å². The van der Waals surface area contributed by atoms with E-state index in [-0.39, 0.29) is 18.2 Å². The summed E-state index contributed by atoms with van der Waals surface area (Å²) in [4.78, 5) is 26.1. The van der Waals surface area contributed by atoms with Crippen LogP contribution in [0.5, 0.6) is 5.75 Å². The fraction of sp³-hybridized carbons (Fsp3) is 0.320. The summed E-state index contributed by atoms with van der Waals surface area (Å²) in [6.45, 7) is 7.48. The minimum atomic E-state index is -1.43. The Morgan fingerprint density at radius 2 is 1.91 bits per heavy atom. The molecule has 2 heterocycles. The van der Waals surface area contributed by atoms with Crippen LogP contribution in [-0.4, -0.2) is 36.3 Å². The highest BCUT2D eigenvalue weighted by Gasteiger charge is 2.25. The number of hydrogen-bond donors (Lipinski definition) is 2. The van der Waals surface area contributed by atoms with E-state index in [1.165, 1.54) is 5.19 Å². The Hall–Kier alpha value is -3.39. The molecule has 0 fully saturated rings. The van der Waals surface area contributed by atoms with Crippen LogP contribution in [0.25, 0.3) is 0 Å². The van der Waals surface area contributed by atoms with Crippen molar-refractivity contribution in [1.82, 2.24) is 15.1 Å². The van der Waals surface area contributed by atoms with E-state index < -0.39 is 14.1 Å². The number of ether oxygens (including phenoxy) is 1. The van der Waals surface area contributed by atoms with Crippen molar-refractivity contribution in [2.24, 2.45) is 7.05 Å². The lowest BCUT2D eigenvalue weighted by atomic mass is 10.0. The van der Waals surface area contributed by atoms with Crippen molar-refractivity contribution in [3.63, 3.8) is 0 Å². The molecule has 2 amide bonds. The third-order valence-electron chi connectivity index (χ3n) is 5.76. The van der Waals surface area contributed by atoms with Crippen molar-refractivity contribution in [3.05, 3.63) is 71.5 Å². The molecule has 0 saturated heterocycles. The van der Waals surface area contributed by atoms with Crippen LogP contribution in [-0.2, 0) is 29.5 Å². The smallest absolute Gasteiger partial charge is 0.251 e. The van der Waals surface area contributed by atoms with Crippen LogP contribution in [0.15, 0.2) is 54.9 Å². The Bertz CT molecular complexity index is 1170. The molecule has 0 saturated carbocycles. The lowest BCUT2D eigenvalue weighted by Crippen LogP contribution is -2.38. The molecule has 4 rings (SSSR count). The first-order valence-electron chi connectivity index (χ1n) is 11.1. The predicted octanol–water partition coefficient (Wildman–Crippen LogP) is 2.94. The number of benzene rings is 2. The largest absolute Gasteiger partial charge is 0.493 e. The van der Waals surface area contributed by atoms with Crippen LogP contribution in [0.2, 0.25) is 19.6 Å². The van der Waals surface area contributed by atoms with Gasteiger partial charge in [0.2, 0.25) is 5.91 Å². The van der Waals surface area contributed by atoms with Gasteiger partial charge in [0.15, 0.2) is 0 Å². The normalized spacial score (nSPS) is 13.7. The van der Waals surface area contributed by atoms with E-state index in [4.69, 9.17) is 4.74 Å². The van der Waals surface area contributed by atoms with Crippen LogP contribution in [0, 0.1) is 0 Å². The van der Waals surface area contributed by atoms with Crippen molar-refractivity contribution in [3.8, 4) is 5.75 Å². The topological polar surface area (TPSA) is 85.2 Å². The highest BCUT2D eigenvalue weighted by atomic mass is 28.3. The Balaban J connectivity index is 1.55. The first-order valence-corrected chi connectivity index (χ1v) is 14.6. The van der Waals surface area contributed by atoms with Gasteiger partial charge in [0.25, 0.3) is 5.91 Å². The van der Waals surface area contributed by atoms with Gasteiger partial charge in [0.05, 0.1) is 27.3 Å². The highest BCUT2D eigenvalue weighted by molar-refractivity contribution is 6.88. The number of anilines is 1. The monoisotopic (exact) mass is 462 g/mol. The van der Waals surface area contributed by atoms with Crippen molar-refractivity contribution in [1.29, 1.82) is 0 Å². The van der Waals surface area contributed by atoms with Gasteiger partial charge >= 0.3 is 0 Å². The van der Waals surface area contributed by atoms with E-state index in [2.05, 4.69) is 47.5 Å². The highest BCUT2D eigenvalue weighted by Crippen LogP contribution is 2.29. The first kappa shape index (κ1) is 22.8. The Kier molecular flexibility index (Phi) is 6.37. The van der Waals surface area contributed by atoms with E-state index in [1.54, 1.807) is 24.1 Å². The summed E-state index contributed by atoms with van der Waals surface area (Å²) in [7, 11) is 0.377. The summed E-state index contributed by atoms with van der Waals surface area (Å²) in [5, 5.41) is 11.3. The molecule has 33 heavy (non-hydrogen) atoms. The second-order valence-electron chi connectivity index (χ2n) is 9.48. The van der Waals surface area contributed by atoms with Gasteiger partial charge in [-0.05, 0) is 41.0 Å². The number of amides is 2. The second kappa shape index (κ2) is 9.23. The molecule has 7 nitrogen and oxygen atoms in total. The second-order valence-corrected chi connectivity index (χ2v) is 14.6. The van der Waals surface area contributed by atoms with E-state index in [1.807, 2.05) is 30.3 Å². The maximum Gasteiger partial charge on any atom is 0.251 e. The SMILES string of the molecule is Cn1cc(CC(=O)NC(C(=O)Nc2ccc([Si](C)(C)C)cc2)c2ccc3c(c2)CCO3)cn1. The number of carbonyl (C=O) groups excluding carboxylic acids is 2. The lowest BCUT2D eigenvalue weighted by molar-refractivity contribution is -0.126. The van der Waals surface area contributed by atoms with Crippen molar-refractivity contribution >= 4 is 30.8 Å². The first-order chi connectivity index (χ1) is 15.7. The van der Waals surface area contributed by atoms with Crippen LogP contribution in [0.3, 0.4) is 0 Å². The zero-order valence-corrected chi connectivity index (χ0v) is 20.5. The van der Waals surface area contributed by atoms with Crippen molar-refractivity contribution < 1.29 is 14.3 Å². The number of nitrogens with zero attached hydrogens (tertiary/aromatic N) is 2. The average molecular weight is 463 g/mol. The third kappa shape index (κ3) is 5.51. The van der Waals surface area contributed by atoms with Gasteiger partial charge in [0.1, 0.15) is 11.8 Å². The Morgan fingerprint density at radius 1 is 1.15 bits per heavy atom. The molecule has 0 radical (unpaired) electrons. The molecule has 172 valence electrons. The summed E-state index contributed by atoms with van der Waals surface area (Å²) >= 11 is 0. The molecule has 8 heteroatoms. The summed E-state index contributed by atoms with van der Waals surface area (Å²) < 4.78 is 7.25. The molecule has 2 N–H and O–H groups in total. The van der Waals surface area contributed by atoms with Crippen LogP contribution >= 0.6 is 0 Å². The molecule has 1 unspecified atom stereocenters. The van der Waals surface area contributed by atoms with Gasteiger partial charge in [-0.2, -0.15) is 5.10 Å². The summed E-state index contributed by atoms with van der Waals surface area (Å²) in [6.07, 6.45) is 4.39. The number of rotatable bonds is 7. The molecule has 1 atom stereocenters. The third-order valence-corrected chi connectivity index (χ3v) is 7.82. The fourth-order valence-electron chi connectivity index (χ4n) is 3.91. The zero-order valence-electron chi connectivity index (χ0n) is 19.5. The molecule has 1 aliphatic heterocycles. The maximum atomic E-state index is 13.3. The molecule has 0 bridgehead atoms. The standard InChI is InChI=1S/C25H30N4O3Si/c1-29-16-17(15-26-29)13-23(30)28-24(19-5-10-22-18(14-19)11-12-32-22)25(31)27-20-6-8-21(9-7-20)33(2,3)4/h5-10,14-16,24H,11-13H2,1-4H3,(H,27,31)(H,28,30). The number of hydrogen-bond acceptors (Lipinski definition) is 4. The number of aryl methyl sites for hydroxylation is 1. The van der Waals surface area contributed by atoms with Crippen LogP contribution in [0.1, 0.15) is 22.7 Å². The minimum Gasteiger partial charge on any atom is -0.493 e. The van der Waals surface area contributed by atoms with Gasteiger partial charge in [-0.1, -0.05) is 43.0 Å². The molecule has 2 aromatic carbocycles. The number of aromatic nitrogens is 2. The Labute approximate surface area is 195 Å². The van der Waals surface area contributed by atoms with E-state index in [0.29, 0.717) is 12.3 Å². The van der Waals surface area contributed by atoms with Crippen LogP contribution in [0.4, 0.5) is 5.69 Å². The Morgan fingerprint density at radius 3 is 2.58 bits per heavy atom. The van der Waals surface area contributed by atoms with Crippen molar-refractivity contribution in [2.75, 3.05) is 11.9 Å². The maximum absolute atomic E-state index is 13.3. The lowest BCUT2D eigenvalue weighted by Gasteiger charge is -2.20. The van der Waals surface area contributed by atoms with Gasteiger partial charge in [-0.15, -0.1) is 0 Å². The molecule has 3 aromatic rings. The molecule has 0 spiro atoms. The molecular formula is C25H30N4O3Si. The number of carbonyl (C=O) groups is 2. The average Bonchev–Trinajstić information content (AvgIpc) is 3.39.